The minimum absolute atomic E-state index is 0.0295. The molecule has 1 N–H and O–H groups in total. The highest BCUT2D eigenvalue weighted by Crippen LogP contribution is 2.26. The van der Waals surface area contributed by atoms with Crippen LogP contribution < -0.4 is 5.56 Å². The van der Waals surface area contributed by atoms with E-state index in [2.05, 4.69) is 4.98 Å². The minimum atomic E-state index is -4.88. The Morgan fingerprint density at radius 1 is 1.07 bits per heavy atom. The second kappa shape index (κ2) is 7.89. The van der Waals surface area contributed by atoms with Crippen LogP contribution in [0.2, 0.25) is 0 Å². The van der Waals surface area contributed by atoms with Gasteiger partial charge in [-0.05, 0) is 17.7 Å². The molecule has 1 aromatic heterocycles. The normalized spacial score (nSPS) is 13.0. The topological polar surface area (TPSA) is 64.4 Å². The summed E-state index contributed by atoms with van der Waals surface area (Å²) in [6.45, 7) is -0.212. The number of halogens is 3. The van der Waals surface area contributed by atoms with E-state index in [1.54, 1.807) is 6.07 Å². The lowest BCUT2D eigenvalue weighted by Gasteiger charge is -2.17. The summed E-state index contributed by atoms with van der Waals surface area (Å²) < 4.78 is 45.7. The van der Waals surface area contributed by atoms with Gasteiger partial charge in [-0.3, -0.25) is 4.79 Å². The summed E-state index contributed by atoms with van der Waals surface area (Å²) in [5, 5.41) is 10.2. The van der Waals surface area contributed by atoms with Crippen molar-refractivity contribution in [3.63, 3.8) is 0 Å². The maximum atomic E-state index is 13.1. The van der Waals surface area contributed by atoms with Gasteiger partial charge in [-0.2, -0.15) is 13.2 Å². The van der Waals surface area contributed by atoms with E-state index in [0.717, 1.165) is 10.1 Å². The molecule has 0 aliphatic carbocycles. The van der Waals surface area contributed by atoms with Gasteiger partial charge in [0.25, 0.3) is 5.56 Å². The fourth-order valence-electron chi connectivity index (χ4n) is 2.71. The van der Waals surface area contributed by atoms with E-state index in [0.29, 0.717) is 0 Å². The lowest BCUT2D eigenvalue weighted by molar-refractivity contribution is -0.142. The molecule has 0 aliphatic rings. The standard InChI is InChI=1S/C19H17F3N2O3/c20-19(21,22)17-18(26)24(16-9-5-4-8-15(16)23-17)10-14(25)12-27-11-13-6-2-1-3-7-13/h1-9,14,25H,10-12H2. The first-order chi connectivity index (χ1) is 12.9. The van der Waals surface area contributed by atoms with Crippen molar-refractivity contribution < 1.29 is 23.0 Å². The molecule has 1 unspecified atom stereocenters. The summed E-state index contributed by atoms with van der Waals surface area (Å²) >= 11 is 0. The van der Waals surface area contributed by atoms with Gasteiger partial charge in [-0.1, -0.05) is 42.5 Å². The van der Waals surface area contributed by atoms with Gasteiger partial charge in [0.15, 0.2) is 0 Å². The molecule has 0 saturated heterocycles. The Hall–Kier alpha value is -2.71. The second-order valence-electron chi connectivity index (χ2n) is 6.02. The molecule has 0 aliphatic heterocycles. The van der Waals surface area contributed by atoms with Crippen LogP contribution in [0.25, 0.3) is 11.0 Å². The van der Waals surface area contributed by atoms with Crippen molar-refractivity contribution in [3.8, 4) is 0 Å². The molecular formula is C19H17F3N2O3. The first-order valence-electron chi connectivity index (χ1n) is 8.23. The summed E-state index contributed by atoms with van der Waals surface area (Å²) in [5.41, 5.74) is -1.64. The van der Waals surface area contributed by atoms with Gasteiger partial charge < -0.3 is 14.4 Å². The molecule has 5 nitrogen and oxygen atoms in total. The van der Waals surface area contributed by atoms with Crippen LogP contribution in [0, 0.1) is 0 Å². The smallest absolute Gasteiger partial charge is 0.389 e. The van der Waals surface area contributed by atoms with E-state index in [1.165, 1.54) is 18.2 Å². The van der Waals surface area contributed by atoms with Crippen molar-refractivity contribution in [3.05, 3.63) is 76.2 Å². The molecule has 3 rings (SSSR count). The molecular weight excluding hydrogens is 361 g/mol. The number of nitrogens with zero attached hydrogens (tertiary/aromatic N) is 2. The number of alkyl halides is 3. The van der Waals surface area contributed by atoms with Crippen LogP contribution in [0.15, 0.2) is 59.4 Å². The van der Waals surface area contributed by atoms with Crippen LogP contribution >= 0.6 is 0 Å². The third-order valence-electron chi connectivity index (χ3n) is 3.94. The SMILES string of the molecule is O=c1c(C(F)(F)F)nc2ccccc2n1CC(O)COCc1ccccc1. The summed E-state index contributed by atoms with van der Waals surface area (Å²) in [4.78, 5) is 15.7. The minimum Gasteiger partial charge on any atom is -0.389 e. The Bertz CT molecular complexity index is 971. The zero-order valence-corrected chi connectivity index (χ0v) is 14.2. The Morgan fingerprint density at radius 3 is 2.44 bits per heavy atom. The van der Waals surface area contributed by atoms with Crippen molar-refractivity contribution in [2.24, 2.45) is 0 Å². The number of fused-ring (bicyclic) bond motifs is 1. The number of hydrogen-bond acceptors (Lipinski definition) is 4. The zero-order chi connectivity index (χ0) is 19.4. The van der Waals surface area contributed by atoms with Gasteiger partial charge in [0, 0.05) is 0 Å². The summed E-state index contributed by atoms with van der Waals surface area (Å²) in [7, 11) is 0. The summed E-state index contributed by atoms with van der Waals surface area (Å²) in [6.07, 6.45) is -6.03. The van der Waals surface area contributed by atoms with Crippen LogP contribution in [0.5, 0.6) is 0 Å². The molecule has 27 heavy (non-hydrogen) atoms. The molecule has 8 heteroatoms. The van der Waals surface area contributed by atoms with E-state index < -0.39 is 23.5 Å². The maximum absolute atomic E-state index is 13.1. The van der Waals surface area contributed by atoms with Crippen LogP contribution in [-0.4, -0.2) is 27.4 Å². The Kier molecular flexibility index (Phi) is 5.57. The van der Waals surface area contributed by atoms with E-state index >= 15 is 0 Å². The lowest BCUT2D eigenvalue weighted by Crippen LogP contribution is -2.35. The molecule has 0 spiro atoms. The van der Waals surface area contributed by atoms with Crippen LogP contribution in [0.1, 0.15) is 11.3 Å². The fraction of sp³-hybridized carbons (Fsp3) is 0.263. The highest BCUT2D eigenvalue weighted by atomic mass is 19.4. The number of ether oxygens (including phenoxy) is 1. The van der Waals surface area contributed by atoms with Gasteiger partial charge in [-0.25, -0.2) is 4.98 Å². The Labute approximate surface area is 152 Å². The third-order valence-corrected chi connectivity index (χ3v) is 3.94. The Balaban J connectivity index is 1.81. The number of para-hydroxylation sites is 2. The van der Waals surface area contributed by atoms with Gasteiger partial charge in [0.05, 0.1) is 36.9 Å². The summed E-state index contributed by atoms with van der Waals surface area (Å²) in [5.74, 6) is 0. The van der Waals surface area contributed by atoms with Crippen LogP contribution in [0.3, 0.4) is 0 Å². The van der Waals surface area contributed by atoms with Crippen LogP contribution in [0.4, 0.5) is 13.2 Å². The number of benzene rings is 2. The molecule has 142 valence electrons. The fourth-order valence-corrected chi connectivity index (χ4v) is 2.71. The van der Waals surface area contributed by atoms with E-state index in [-0.39, 0.29) is 30.8 Å². The number of hydrogen-bond donors (Lipinski definition) is 1. The summed E-state index contributed by atoms with van der Waals surface area (Å²) in [6, 6.07) is 15.2. The van der Waals surface area contributed by atoms with Crippen molar-refractivity contribution in [2.75, 3.05) is 6.61 Å². The number of aliphatic hydroxyl groups is 1. The third kappa shape index (κ3) is 4.53. The molecule has 0 saturated carbocycles. The van der Waals surface area contributed by atoms with Gasteiger partial charge in [0.2, 0.25) is 5.69 Å². The molecule has 2 aromatic carbocycles. The predicted molar refractivity (Wildman–Crippen MR) is 93.1 cm³/mol. The van der Waals surface area contributed by atoms with Gasteiger partial charge in [0.1, 0.15) is 0 Å². The number of aliphatic hydroxyl groups excluding tert-OH is 1. The van der Waals surface area contributed by atoms with E-state index in [1.807, 2.05) is 30.3 Å². The predicted octanol–water partition coefficient (Wildman–Crippen LogP) is 2.99. The molecule has 0 radical (unpaired) electrons. The van der Waals surface area contributed by atoms with Crippen molar-refractivity contribution in [1.82, 2.24) is 9.55 Å². The average Bonchev–Trinajstić information content (AvgIpc) is 2.64. The molecule has 1 heterocycles. The highest BCUT2D eigenvalue weighted by molar-refractivity contribution is 5.74. The average molecular weight is 378 g/mol. The largest absolute Gasteiger partial charge is 0.438 e. The van der Waals surface area contributed by atoms with Crippen LogP contribution in [-0.2, 0) is 24.1 Å². The monoisotopic (exact) mass is 378 g/mol. The van der Waals surface area contributed by atoms with E-state index in [4.69, 9.17) is 4.74 Å². The molecule has 0 fully saturated rings. The molecule has 0 bridgehead atoms. The molecule has 0 amide bonds. The van der Waals surface area contributed by atoms with E-state index in [9.17, 15) is 23.1 Å². The quantitative estimate of drug-likeness (QED) is 0.716. The Morgan fingerprint density at radius 2 is 1.74 bits per heavy atom. The first kappa shape index (κ1) is 19.1. The number of aromatic nitrogens is 2. The van der Waals surface area contributed by atoms with Gasteiger partial charge in [-0.15, -0.1) is 0 Å². The van der Waals surface area contributed by atoms with Crippen molar-refractivity contribution >= 4 is 11.0 Å². The second-order valence-corrected chi connectivity index (χ2v) is 6.02. The maximum Gasteiger partial charge on any atom is 0.438 e. The number of rotatable bonds is 6. The van der Waals surface area contributed by atoms with Crippen molar-refractivity contribution in [1.29, 1.82) is 0 Å². The van der Waals surface area contributed by atoms with Gasteiger partial charge >= 0.3 is 6.18 Å². The molecule has 3 aromatic rings. The zero-order valence-electron chi connectivity index (χ0n) is 14.2. The highest BCUT2D eigenvalue weighted by Gasteiger charge is 2.37. The molecule has 1 atom stereocenters. The lowest BCUT2D eigenvalue weighted by atomic mass is 10.2. The van der Waals surface area contributed by atoms with Crippen molar-refractivity contribution in [2.45, 2.75) is 25.4 Å². The first-order valence-corrected chi connectivity index (χ1v) is 8.23.